The molecule has 2 unspecified atom stereocenters. The van der Waals surface area contributed by atoms with E-state index in [1.54, 1.807) is 0 Å². The van der Waals surface area contributed by atoms with Crippen molar-refractivity contribution in [3.05, 3.63) is 35.9 Å². The van der Waals surface area contributed by atoms with Crippen molar-refractivity contribution in [2.24, 2.45) is 5.92 Å². The number of carbonyl (C=O) groups is 2. The highest BCUT2D eigenvalue weighted by Crippen LogP contribution is 2.26. The van der Waals surface area contributed by atoms with Crippen LogP contribution in [-0.2, 0) is 14.3 Å². The minimum atomic E-state index is -0.681. The van der Waals surface area contributed by atoms with E-state index in [0.717, 1.165) is 24.8 Å². The predicted octanol–water partition coefficient (Wildman–Crippen LogP) is 0.864. The van der Waals surface area contributed by atoms with Crippen LogP contribution in [0.3, 0.4) is 0 Å². The van der Waals surface area contributed by atoms with Crippen LogP contribution in [0.5, 0.6) is 0 Å². The lowest BCUT2D eigenvalue weighted by Crippen LogP contribution is -2.54. The zero-order valence-electron chi connectivity index (χ0n) is 13.7. The minimum Gasteiger partial charge on any atom is -0.396 e. The van der Waals surface area contributed by atoms with Crippen LogP contribution in [0.1, 0.15) is 30.9 Å². The van der Waals surface area contributed by atoms with Crippen LogP contribution in [0.25, 0.3) is 0 Å². The van der Waals surface area contributed by atoms with E-state index in [1.807, 2.05) is 35.2 Å². The van der Waals surface area contributed by atoms with Gasteiger partial charge in [-0.05, 0) is 30.7 Å². The Morgan fingerprint density at radius 2 is 1.96 bits per heavy atom. The Kier molecular flexibility index (Phi) is 5.48. The van der Waals surface area contributed by atoms with Gasteiger partial charge in [0.1, 0.15) is 6.61 Å². The molecule has 1 aromatic carbocycles. The summed E-state index contributed by atoms with van der Waals surface area (Å²) >= 11 is 0. The number of hydrogen-bond donors (Lipinski definition) is 2. The van der Waals surface area contributed by atoms with Crippen molar-refractivity contribution in [3.8, 4) is 0 Å². The van der Waals surface area contributed by atoms with E-state index in [4.69, 9.17) is 9.84 Å². The minimum absolute atomic E-state index is 0.0636. The van der Waals surface area contributed by atoms with Gasteiger partial charge in [-0.15, -0.1) is 0 Å². The maximum Gasteiger partial charge on any atom is 0.254 e. The zero-order valence-corrected chi connectivity index (χ0v) is 13.7. The van der Waals surface area contributed by atoms with Gasteiger partial charge in [0.15, 0.2) is 6.10 Å². The Morgan fingerprint density at radius 1 is 1.25 bits per heavy atom. The van der Waals surface area contributed by atoms with E-state index in [2.05, 4.69) is 5.32 Å². The van der Waals surface area contributed by atoms with Crippen molar-refractivity contribution in [2.75, 3.05) is 26.3 Å². The largest absolute Gasteiger partial charge is 0.396 e. The van der Waals surface area contributed by atoms with Crippen molar-refractivity contribution in [1.82, 2.24) is 10.2 Å². The highest BCUT2D eigenvalue weighted by atomic mass is 16.5. The van der Waals surface area contributed by atoms with E-state index < -0.39 is 12.1 Å². The van der Waals surface area contributed by atoms with Crippen LogP contribution in [0.15, 0.2) is 30.3 Å². The normalized spacial score (nSPS) is 25.4. The molecule has 0 aromatic heterocycles. The first kappa shape index (κ1) is 16.9. The van der Waals surface area contributed by atoms with E-state index >= 15 is 0 Å². The van der Waals surface area contributed by atoms with E-state index in [0.29, 0.717) is 19.0 Å². The van der Waals surface area contributed by atoms with E-state index in [9.17, 15) is 9.59 Å². The molecule has 3 rings (SSSR count). The van der Waals surface area contributed by atoms with Gasteiger partial charge in [-0.2, -0.15) is 0 Å². The number of carbonyl (C=O) groups excluding carboxylic acids is 2. The van der Waals surface area contributed by atoms with Crippen LogP contribution in [0.4, 0.5) is 0 Å². The molecule has 0 aliphatic carbocycles. The number of nitrogens with one attached hydrogen (secondary N) is 1. The molecule has 2 atom stereocenters. The summed E-state index contributed by atoms with van der Waals surface area (Å²) in [5.41, 5.74) is 0.874. The second-order valence-corrected chi connectivity index (χ2v) is 6.47. The van der Waals surface area contributed by atoms with Crippen molar-refractivity contribution in [1.29, 1.82) is 0 Å². The third-order valence-corrected chi connectivity index (χ3v) is 4.88. The fourth-order valence-corrected chi connectivity index (χ4v) is 3.49. The average Bonchev–Trinajstić information content (AvgIpc) is 2.63. The third kappa shape index (κ3) is 3.76. The molecule has 2 aliphatic heterocycles. The smallest absolute Gasteiger partial charge is 0.254 e. The monoisotopic (exact) mass is 332 g/mol. The number of hydrogen-bond acceptors (Lipinski definition) is 4. The fourth-order valence-electron chi connectivity index (χ4n) is 3.49. The van der Waals surface area contributed by atoms with Crippen molar-refractivity contribution in [3.63, 3.8) is 0 Å². The molecule has 0 saturated carbocycles. The number of piperidine rings is 1. The second kappa shape index (κ2) is 7.77. The van der Waals surface area contributed by atoms with Crippen molar-refractivity contribution >= 4 is 11.8 Å². The van der Waals surface area contributed by atoms with Gasteiger partial charge in [0.05, 0.1) is 6.04 Å². The molecule has 2 aliphatic rings. The second-order valence-electron chi connectivity index (χ2n) is 6.47. The number of benzene rings is 1. The highest BCUT2D eigenvalue weighted by molar-refractivity contribution is 5.86. The Balaban J connectivity index is 1.69. The lowest BCUT2D eigenvalue weighted by molar-refractivity contribution is -0.156. The third-order valence-electron chi connectivity index (χ3n) is 4.88. The van der Waals surface area contributed by atoms with Crippen LogP contribution < -0.4 is 5.32 Å². The number of aliphatic hydroxyl groups excluding tert-OH is 1. The van der Waals surface area contributed by atoms with Crippen LogP contribution in [0.2, 0.25) is 0 Å². The average molecular weight is 332 g/mol. The van der Waals surface area contributed by atoms with Gasteiger partial charge >= 0.3 is 0 Å². The van der Waals surface area contributed by atoms with Crippen molar-refractivity contribution < 1.29 is 19.4 Å². The molecule has 6 heteroatoms. The van der Waals surface area contributed by atoms with Gasteiger partial charge < -0.3 is 20.1 Å². The molecule has 0 spiro atoms. The topological polar surface area (TPSA) is 78.9 Å². The molecule has 2 fully saturated rings. The lowest BCUT2D eigenvalue weighted by Gasteiger charge is -2.38. The summed E-state index contributed by atoms with van der Waals surface area (Å²) in [7, 11) is 0. The van der Waals surface area contributed by atoms with E-state index in [-0.39, 0.29) is 25.0 Å². The molecule has 6 nitrogen and oxygen atoms in total. The van der Waals surface area contributed by atoms with Gasteiger partial charge in [0, 0.05) is 19.7 Å². The summed E-state index contributed by atoms with van der Waals surface area (Å²) in [5, 5.41) is 11.9. The summed E-state index contributed by atoms with van der Waals surface area (Å²) in [6, 6.07) is 9.02. The molecule has 2 N–H and O–H groups in total. The zero-order chi connectivity index (χ0) is 16.9. The number of morpholine rings is 1. The number of rotatable bonds is 4. The fraction of sp³-hybridized carbons (Fsp3) is 0.556. The van der Waals surface area contributed by atoms with Crippen LogP contribution in [-0.4, -0.2) is 54.2 Å². The SMILES string of the molecule is O=C1COC(C(=O)N2CCC(CCO)CC2)C(c2ccccc2)N1. The summed E-state index contributed by atoms with van der Waals surface area (Å²) < 4.78 is 5.60. The van der Waals surface area contributed by atoms with E-state index in [1.165, 1.54) is 0 Å². The molecular formula is C18H24N2O4. The summed E-state index contributed by atoms with van der Waals surface area (Å²) in [4.78, 5) is 26.5. The molecule has 0 radical (unpaired) electrons. The summed E-state index contributed by atoms with van der Waals surface area (Å²) in [6.45, 7) is 1.48. The number of ether oxygens (including phenoxy) is 1. The first-order valence-corrected chi connectivity index (χ1v) is 8.54. The molecule has 1 aromatic rings. The summed E-state index contributed by atoms with van der Waals surface area (Å²) in [5.74, 6) is 0.219. The highest BCUT2D eigenvalue weighted by Gasteiger charge is 2.39. The van der Waals surface area contributed by atoms with Gasteiger partial charge in [0.25, 0.3) is 5.91 Å². The number of amides is 2. The number of likely N-dealkylation sites (tertiary alicyclic amines) is 1. The summed E-state index contributed by atoms with van der Waals surface area (Å²) in [6.07, 6.45) is 1.92. The first-order valence-electron chi connectivity index (χ1n) is 8.54. The number of aliphatic hydroxyl groups is 1. The molecule has 2 amide bonds. The Bertz CT molecular complexity index is 570. The maximum absolute atomic E-state index is 12.9. The standard InChI is InChI=1S/C18H24N2O4/c21-11-8-13-6-9-20(10-7-13)18(23)17-16(19-15(22)12-24-17)14-4-2-1-3-5-14/h1-5,13,16-17,21H,6-12H2,(H,19,22). The Labute approximate surface area is 141 Å². The van der Waals surface area contributed by atoms with Gasteiger partial charge in [-0.25, -0.2) is 0 Å². The predicted molar refractivity (Wildman–Crippen MR) is 88.1 cm³/mol. The maximum atomic E-state index is 12.9. The Hall–Kier alpha value is -1.92. The van der Waals surface area contributed by atoms with Crippen molar-refractivity contribution in [2.45, 2.75) is 31.4 Å². The van der Waals surface area contributed by atoms with Gasteiger partial charge in [0.2, 0.25) is 5.91 Å². The quantitative estimate of drug-likeness (QED) is 0.857. The molecule has 24 heavy (non-hydrogen) atoms. The number of nitrogens with zero attached hydrogens (tertiary/aromatic N) is 1. The first-order chi connectivity index (χ1) is 11.7. The molecule has 2 saturated heterocycles. The molecule has 0 bridgehead atoms. The molecule has 130 valence electrons. The van der Waals surface area contributed by atoms with Gasteiger partial charge in [-0.1, -0.05) is 30.3 Å². The van der Waals surface area contributed by atoms with Gasteiger partial charge in [-0.3, -0.25) is 9.59 Å². The molecule has 2 heterocycles. The van der Waals surface area contributed by atoms with Crippen LogP contribution >= 0.6 is 0 Å². The molecular weight excluding hydrogens is 308 g/mol. The lowest BCUT2D eigenvalue weighted by atomic mass is 9.92. The Morgan fingerprint density at radius 3 is 2.62 bits per heavy atom. The van der Waals surface area contributed by atoms with Crippen LogP contribution in [0, 0.1) is 5.92 Å².